The van der Waals surface area contributed by atoms with E-state index in [9.17, 15) is 4.79 Å². The summed E-state index contributed by atoms with van der Waals surface area (Å²) in [5.74, 6) is -0.802. The maximum atomic E-state index is 10.3. The van der Waals surface area contributed by atoms with E-state index in [-0.39, 0.29) is 24.4 Å². The molecule has 0 bridgehead atoms. The highest BCUT2D eigenvalue weighted by atomic mass is 16.4. The zero-order valence-corrected chi connectivity index (χ0v) is 7.29. The maximum Gasteiger partial charge on any atom is 0.303 e. The van der Waals surface area contributed by atoms with Gasteiger partial charge in [0.25, 0.3) is 0 Å². The quantitative estimate of drug-likeness (QED) is 0.647. The second kappa shape index (κ2) is 3.72. The van der Waals surface area contributed by atoms with E-state index < -0.39 is 5.97 Å². The van der Waals surface area contributed by atoms with Gasteiger partial charge in [-0.25, -0.2) is 0 Å². The average molecular weight is 160 g/mol. The lowest BCUT2D eigenvalue weighted by atomic mass is 9.79. The van der Waals surface area contributed by atoms with Gasteiger partial charge in [-0.2, -0.15) is 0 Å². The molecule has 0 aromatic carbocycles. The molecule has 0 heterocycles. The third kappa shape index (κ3) is 3.37. The summed E-state index contributed by atoms with van der Waals surface area (Å²) >= 11 is 0. The number of carboxylic acids is 1. The average Bonchev–Trinajstić information content (AvgIpc) is 1.86. The van der Waals surface area contributed by atoms with Gasteiger partial charge in [0.1, 0.15) is 0 Å². The molecule has 0 spiro atoms. The fraction of sp³-hybridized carbons (Fsp3) is 0.875. The lowest BCUT2D eigenvalue weighted by Crippen LogP contribution is -2.27. The first kappa shape index (κ1) is 10.4. The van der Waals surface area contributed by atoms with Crippen molar-refractivity contribution in [1.82, 2.24) is 0 Å². The van der Waals surface area contributed by atoms with Gasteiger partial charge >= 0.3 is 5.97 Å². The van der Waals surface area contributed by atoms with Gasteiger partial charge in [0.15, 0.2) is 0 Å². The predicted octanol–water partition coefficient (Wildman–Crippen LogP) is 1.12. The molecule has 0 aromatic rings. The van der Waals surface area contributed by atoms with Gasteiger partial charge in [-0.3, -0.25) is 4.79 Å². The molecule has 2 N–H and O–H groups in total. The van der Waals surface area contributed by atoms with Gasteiger partial charge in [0, 0.05) is 13.0 Å². The van der Waals surface area contributed by atoms with Crippen LogP contribution in [-0.2, 0) is 4.79 Å². The Morgan fingerprint density at radius 2 is 2.00 bits per heavy atom. The fourth-order valence-corrected chi connectivity index (χ4v) is 0.694. The maximum absolute atomic E-state index is 10.3. The third-order valence-electron chi connectivity index (χ3n) is 2.22. The number of hydrogen-bond acceptors (Lipinski definition) is 2. The largest absolute Gasteiger partial charge is 0.481 e. The molecule has 0 saturated heterocycles. The van der Waals surface area contributed by atoms with E-state index in [4.69, 9.17) is 10.2 Å². The molecule has 0 saturated carbocycles. The molecule has 3 heteroatoms. The number of carboxylic acid groups (broad SMARTS) is 1. The van der Waals surface area contributed by atoms with E-state index >= 15 is 0 Å². The molecule has 66 valence electrons. The number of rotatable bonds is 4. The molecule has 0 rings (SSSR count). The van der Waals surface area contributed by atoms with Crippen LogP contribution in [0.3, 0.4) is 0 Å². The Morgan fingerprint density at radius 1 is 1.55 bits per heavy atom. The Hall–Kier alpha value is -0.570. The van der Waals surface area contributed by atoms with Crippen molar-refractivity contribution in [2.45, 2.75) is 27.2 Å². The van der Waals surface area contributed by atoms with E-state index in [0.717, 1.165) is 0 Å². The van der Waals surface area contributed by atoms with Gasteiger partial charge in [-0.1, -0.05) is 20.8 Å². The summed E-state index contributed by atoms with van der Waals surface area (Å²) in [5.41, 5.74) is -0.293. The first-order chi connectivity index (χ1) is 4.90. The monoisotopic (exact) mass is 160 g/mol. The molecule has 0 fully saturated rings. The van der Waals surface area contributed by atoms with Crippen molar-refractivity contribution >= 4 is 5.97 Å². The SMILES string of the molecule is CC(CC(=O)O)C(C)(C)CO. The lowest BCUT2D eigenvalue weighted by molar-refractivity contribution is -0.139. The van der Waals surface area contributed by atoms with Crippen molar-refractivity contribution in [3.8, 4) is 0 Å². The highest BCUT2D eigenvalue weighted by molar-refractivity contribution is 5.67. The number of aliphatic hydroxyl groups excluding tert-OH is 1. The molecule has 1 atom stereocenters. The minimum Gasteiger partial charge on any atom is -0.481 e. The Morgan fingerprint density at radius 3 is 2.27 bits per heavy atom. The van der Waals surface area contributed by atoms with Crippen LogP contribution in [0.5, 0.6) is 0 Å². The van der Waals surface area contributed by atoms with Crippen molar-refractivity contribution < 1.29 is 15.0 Å². The fourth-order valence-electron chi connectivity index (χ4n) is 0.694. The number of carbonyl (C=O) groups is 1. The van der Waals surface area contributed by atoms with Crippen LogP contribution in [-0.4, -0.2) is 22.8 Å². The van der Waals surface area contributed by atoms with Crippen LogP contribution in [0.15, 0.2) is 0 Å². The first-order valence-corrected chi connectivity index (χ1v) is 3.73. The molecule has 1 unspecified atom stereocenters. The number of aliphatic carboxylic acids is 1. The Kier molecular flexibility index (Phi) is 3.52. The number of hydrogen-bond donors (Lipinski definition) is 2. The molecule has 11 heavy (non-hydrogen) atoms. The van der Waals surface area contributed by atoms with Gasteiger partial charge in [0.2, 0.25) is 0 Å². The summed E-state index contributed by atoms with van der Waals surface area (Å²) < 4.78 is 0. The van der Waals surface area contributed by atoms with Crippen LogP contribution in [0.1, 0.15) is 27.2 Å². The summed E-state index contributed by atoms with van der Waals surface area (Å²) in [6.45, 7) is 5.59. The molecule has 0 radical (unpaired) electrons. The molecular weight excluding hydrogens is 144 g/mol. The molecule has 0 aromatic heterocycles. The van der Waals surface area contributed by atoms with E-state index in [1.54, 1.807) is 0 Å². The first-order valence-electron chi connectivity index (χ1n) is 3.73. The highest BCUT2D eigenvalue weighted by Crippen LogP contribution is 2.27. The number of aliphatic hydroxyl groups is 1. The van der Waals surface area contributed by atoms with Crippen molar-refractivity contribution in [2.24, 2.45) is 11.3 Å². The van der Waals surface area contributed by atoms with Crippen molar-refractivity contribution in [1.29, 1.82) is 0 Å². The molecule has 0 aliphatic carbocycles. The minimum absolute atomic E-state index is 0.00463. The zero-order chi connectivity index (χ0) is 9.07. The van der Waals surface area contributed by atoms with Gasteiger partial charge in [-0.05, 0) is 11.3 Å². The molecular formula is C8H16O3. The standard InChI is InChI=1S/C8H16O3/c1-6(4-7(10)11)8(2,3)5-9/h6,9H,4-5H2,1-3H3,(H,10,11). The zero-order valence-electron chi connectivity index (χ0n) is 7.29. The minimum atomic E-state index is -0.806. The van der Waals surface area contributed by atoms with Crippen LogP contribution in [0.4, 0.5) is 0 Å². The molecule has 0 aliphatic rings. The van der Waals surface area contributed by atoms with Crippen LogP contribution < -0.4 is 0 Å². The smallest absolute Gasteiger partial charge is 0.303 e. The Labute approximate surface area is 67.0 Å². The Bertz CT molecular complexity index is 140. The summed E-state index contributed by atoms with van der Waals surface area (Å²) in [4.78, 5) is 10.3. The van der Waals surface area contributed by atoms with Crippen molar-refractivity contribution in [3.05, 3.63) is 0 Å². The van der Waals surface area contributed by atoms with Gasteiger partial charge < -0.3 is 10.2 Å². The van der Waals surface area contributed by atoms with Gasteiger partial charge in [0.05, 0.1) is 0 Å². The second-order valence-corrected chi connectivity index (χ2v) is 3.65. The molecule has 3 nitrogen and oxygen atoms in total. The normalized spacial score (nSPS) is 14.5. The van der Waals surface area contributed by atoms with Crippen LogP contribution in [0, 0.1) is 11.3 Å². The van der Waals surface area contributed by atoms with E-state index in [2.05, 4.69) is 0 Å². The Balaban J connectivity index is 4.01. The third-order valence-corrected chi connectivity index (χ3v) is 2.22. The summed E-state index contributed by atoms with van der Waals surface area (Å²) in [6, 6.07) is 0. The summed E-state index contributed by atoms with van der Waals surface area (Å²) in [5, 5.41) is 17.3. The van der Waals surface area contributed by atoms with Gasteiger partial charge in [-0.15, -0.1) is 0 Å². The van der Waals surface area contributed by atoms with Crippen LogP contribution in [0.2, 0.25) is 0 Å². The van der Waals surface area contributed by atoms with Crippen molar-refractivity contribution in [3.63, 3.8) is 0 Å². The van der Waals surface area contributed by atoms with Crippen LogP contribution in [0.25, 0.3) is 0 Å². The summed E-state index contributed by atoms with van der Waals surface area (Å²) in [6.07, 6.45) is 0.119. The lowest BCUT2D eigenvalue weighted by Gasteiger charge is -2.28. The predicted molar refractivity (Wildman–Crippen MR) is 42.3 cm³/mol. The van der Waals surface area contributed by atoms with E-state index in [1.807, 2.05) is 20.8 Å². The van der Waals surface area contributed by atoms with Crippen molar-refractivity contribution in [2.75, 3.05) is 6.61 Å². The topological polar surface area (TPSA) is 57.5 Å². The summed E-state index contributed by atoms with van der Waals surface area (Å²) in [7, 11) is 0. The molecule has 0 amide bonds. The second-order valence-electron chi connectivity index (χ2n) is 3.65. The highest BCUT2D eigenvalue weighted by Gasteiger charge is 2.26. The van der Waals surface area contributed by atoms with E-state index in [0.29, 0.717) is 0 Å². The van der Waals surface area contributed by atoms with E-state index in [1.165, 1.54) is 0 Å². The van der Waals surface area contributed by atoms with Crippen LogP contribution >= 0.6 is 0 Å². The molecule has 0 aliphatic heterocycles.